The van der Waals surface area contributed by atoms with Crippen LogP contribution in [0.4, 0.5) is 0 Å². The summed E-state index contributed by atoms with van der Waals surface area (Å²) in [4.78, 5) is 26.7. The van der Waals surface area contributed by atoms with Gasteiger partial charge in [0.05, 0.1) is 0 Å². The van der Waals surface area contributed by atoms with E-state index in [-0.39, 0.29) is 17.0 Å². The molecule has 26 heavy (non-hydrogen) atoms. The van der Waals surface area contributed by atoms with Crippen LogP contribution >= 0.6 is 0 Å². The third-order valence-corrected chi connectivity index (χ3v) is 4.83. The second-order valence-corrected chi connectivity index (χ2v) is 6.49. The molecule has 0 bridgehead atoms. The third-order valence-electron chi connectivity index (χ3n) is 4.83. The van der Waals surface area contributed by atoms with Gasteiger partial charge in [0, 0.05) is 24.6 Å². The highest BCUT2D eigenvalue weighted by Crippen LogP contribution is 2.18. The van der Waals surface area contributed by atoms with E-state index in [9.17, 15) is 9.59 Å². The molecule has 1 aromatic heterocycles. The average molecular weight is 351 g/mol. The number of carbonyl (C=O) groups excluding carboxylic acids is 1. The molecule has 5 nitrogen and oxygen atoms in total. The van der Waals surface area contributed by atoms with E-state index in [2.05, 4.69) is 29.4 Å². The number of aromatic amines is 1. The standard InChI is InChI=1S/C21H25N3O2/c1-4-16(17-8-6-5-7-9-17)13-23-20(25)11-10-18-14(2)19(12-22)21(26)24-15(18)3/h5-9,16H,4,10-11,13H2,1-3H3,(H,23,25)(H,24,26)/t16-/m0/s1. The molecule has 2 N–H and O–H groups in total. The molecule has 136 valence electrons. The van der Waals surface area contributed by atoms with Crippen molar-refractivity contribution in [2.45, 2.75) is 46.0 Å². The SMILES string of the molecule is CC[C@@H](CNC(=O)CCc1c(C)[nH]c(=O)c(C#N)c1C)c1ccccc1. The number of nitrogens with zero attached hydrogens (tertiary/aromatic N) is 1. The van der Waals surface area contributed by atoms with Crippen LogP contribution in [0.3, 0.4) is 0 Å². The fourth-order valence-electron chi connectivity index (χ4n) is 3.21. The van der Waals surface area contributed by atoms with Gasteiger partial charge in [0.15, 0.2) is 0 Å². The van der Waals surface area contributed by atoms with E-state index in [1.54, 1.807) is 13.8 Å². The molecule has 0 saturated heterocycles. The number of hydrogen-bond acceptors (Lipinski definition) is 3. The molecule has 0 fully saturated rings. The average Bonchev–Trinajstić information content (AvgIpc) is 2.63. The maximum atomic E-state index is 12.3. The molecule has 5 heteroatoms. The number of hydrogen-bond donors (Lipinski definition) is 2. The molecule has 1 atom stereocenters. The summed E-state index contributed by atoms with van der Waals surface area (Å²) in [6.45, 7) is 6.27. The summed E-state index contributed by atoms with van der Waals surface area (Å²) in [6, 6.07) is 12.1. The monoisotopic (exact) mass is 351 g/mol. The smallest absolute Gasteiger partial charge is 0.266 e. The van der Waals surface area contributed by atoms with E-state index in [4.69, 9.17) is 5.26 Å². The van der Waals surface area contributed by atoms with E-state index >= 15 is 0 Å². The van der Waals surface area contributed by atoms with Gasteiger partial charge in [-0.15, -0.1) is 0 Å². The predicted molar refractivity (Wildman–Crippen MR) is 102 cm³/mol. The molecule has 1 heterocycles. The highest BCUT2D eigenvalue weighted by atomic mass is 16.1. The maximum Gasteiger partial charge on any atom is 0.266 e. The van der Waals surface area contributed by atoms with Gasteiger partial charge in [-0.2, -0.15) is 5.26 Å². The number of aryl methyl sites for hydroxylation is 1. The van der Waals surface area contributed by atoms with E-state index < -0.39 is 0 Å². The Kier molecular flexibility index (Phi) is 6.74. The van der Waals surface area contributed by atoms with Gasteiger partial charge in [-0.05, 0) is 43.4 Å². The second kappa shape index (κ2) is 9.00. The summed E-state index contributed by atoms with van der Waals surface area (Å²) in [7, 11) is 0. The van der Waals surface area contributed by atoms with Crippen LogP contribution in [0, 0.1) is 25.2 Å². The molecule has 0 unspecified atom stereocenters. The molecule has 0 aliphatic rings. The van der Waals surface area contributed by atoms with Crippen LogP contribution in [0.15, 0.2) is 35.1 Å². The summed E-state index contributed by atoms with van der Waals surface area (Å²) in [5.74, 6) is 0.268. The van der Waals surface area contributed by atoms with Gasteiger partial charge in [0.1, 0.15) is 11.6 Å². The first-order valence-electron chi connectivity index (χ1n) is 8.92. The Morgan fingerprint density at radius 3 is 2.58 bits per heavy atom. The Morgan fingerprint density at radius 1 is 1.27 bits per heavy atom. The molecular formula is C21H25N3O2. The molecule has 0 aliphatic carbocycles. The number of pyridine rings is 1. The van der Waals surface area contributed by atoms with Crippen LogP contribution in [0.5, 0.6) is 0 Å². The van der Waals surface area contributed by atoms with Crippen LogP contribution in [0.1, 0.15) is 53.6 Å². The van der Waals surface area contributed by atoms with Crippen molar-refractivity contribution >= 4 is 5.91 Å². The van der Waals surface area contributed by atoms with Gasteiger partial charge in [-0.3, -0.25) is 9.59 Å². The summed E-state index contributed by atoms with van der Waals surface area (Å²) in [5, 5.41) is 12.1. The number of carbonyl (C=O) groups is 1. The van der Waals surface area contributed by atoms with Crippen LogP contribution in [-0.4, -0.2) is 17.4 Å². The summed E-state index contributed by atoms with van der Waals surface area (Å²) < 4.78 is 0. The van der Waals surface area contributed by atoms with Crippen molar-refractivity contribution in [2.75, 3.05) is 6.54 Å². The van der Waals surface area contributed by atoms with Crippen molar-refractivity contribution in [1.29, 1.82) is 5.26 Å². The topological polar surface area (TPSA) is 85.8 Å². The highest BCUT2D eigenvalue weighted by molar-refractivity contribution is 5.76. The van der Waals surface area contributed by atoms with Gasteiger partial charge >= 0.3 is 0 Å². The summed E-state index contributed by atoms with van der Waals surface area (Å²) in [6.07, 6.45) is 1.77. The number of rotatable bonds is 7. The molecule has 0 saturated carbocycles. The lowest BCUT2D eigenvalue weighted by molar-refractivity contribution is -0.121. The zero-order valence-corrected chi connectivity index (χ0v) is 15.6. The maximum absolute atomic E-state index is 12.3. The Hall–Kier alpha value is -2.87. The number of aromatic nitrogens is 1. The van der Waals surface area contributed by atoms with Crippen LogP contribution in [0.2, 0.25) is 0 Å². The number of nitrogens with one attached hydrogen (secondary N) is 2. The van der Waals surface area contributed by atoms with Crippen molar-refractivity contribution in [3.63, 3.8) is 0 Å². The van der Waals surface area contributed by atoms with Gasteiger partial charge in [0.25, 0.3) is 5.56 Å². The Labute approximate surface area is 154 Å². The van der Waals surface area contributed by atoms with E-state index in [1.165, 1.54) is 5.56 Å². The van der Waals surface area contributed by atoms with Gasteiger partial charge in [-0.1, -0.05) is 37.3 Å². The minimum absolute atomic E-state index is 0.0251. The van der Waals surface area contributed by atoms with Crippen molar-refractivity contribution < 1.29 is 4.79 Å². The van der Waals surface area contributed by atoms with E-state index in [1.807, 2.05) is 24.3 Å². The predicted octanol–water partition coefficient (Wildman–Crippen LogP) is 3.11. The summed E-state index contributed by atoms with van der Waals surface area (Å²) in [5.41, 5.74) is 3.23. The van der Waals surface area contributed by atoms with Crippen molar-refractivity contribution in [3.05, 3.63) is 68.6 Å². The zero-order chi connectivity index (χ0) is 19.1. The Bertz CT molecular complexity index is 863. The number of nitriles is 1. The highest BCUT2D eigenvalue weighted by Gasteiger charge is 2.14. The molecule has 2 aromatic rings. The minimum Gasteiger partial charge on any atom is -0.355 e. The number of benzene rings is 1. The molecular weight excluding hydrogens is 326 g/mol. The number of amides is 1. The first-order chi connectivity index (χ1) is 12.5. The zero-order valence-electron chi connectivity index (χ0n) is 15.6. The van der Waals surface area contributed by atoms with Crippen molar-refractivity contribution in [3.8, 4) is 6.07 Å². The first-order valence-corrected chi connectivity index (χ1v) is 8.92. The minimum atomic E-state index is -0.371. The van der Waals surface area contributed by atoms with E-state index in [0.717, 1.165) is 17.7 Å². The normalized spacial score (nSPS) is 11.6. The van der Waals surface area contributed by atoms with Gasteiger partial charge < -0.3 is 10.3 Å². The van der Waals surface area contributed by atoms with Crippen LogP contribution in [-0.2, 0) is 11.2 Å². The summed E-state index contributed by atoms with van der Waals surface area (Å²) >= 11 is 0. The van der Waals surface area contributed by atoms with Gasteiger partial charge in [0.2, 0.25) is 5.91 Å². The fourth-order valence-corrected chi connectivity index (χ4v) is 3.21. The quantitative estimate of drug-likeness (QED) is 0.804. The largest absolute Gasteiger partial charge is 0.355 e. The lowest BCUT2D eigenvalue weighted by Gasteiger charge is -2.16. The van der Waals surface area contributed by atoms with Crippen molar-refractivity contribution in [2.24, 2.45) is 0 Å². The molecule has 0 spiro atoms. The molecule has 1 amide bonds. The van der Waals surface area contributed by atoms with E-state index in [0.29, 0.717) is 30.9 Å². The fraction of sp³-hybridized carbons (Fsp3) is 0.381. The Balaban J connectivity index is 1.97. The second-order valence-electron chi connectivity index (χ2n) is 6.49. The first kappa shape index (κ1) is 19.5. The van der Waals surface area contributed by atoms with Crippen LogP contribution in [0.25, 0.3) is 0 Å². The Morgan fingerprint density at radius 2 is 1.96 bits per heavy atom. The third kappa shape index (κ3) is 4.60. The molecule has 0 aliphatic heterocycles. The lowest BCUT2D eigenvalue weighted by atomic mass is 9.96. The lowest BCUT2D eigenvalue weighted by Crippen LogP contribution is -2.28. The molecule has 1 aromatic carbocycles. The number of H-pyrrole nitrogens is 1. The molecule has 0 radical (unpaired) electrons. The molecule has 2 rings (SSSR count). The van der Waals surface area contributed by atoms with Crippen molar-refractivity contribution in [1.82, 2.24) is 10.3 Å². The van der Waals surface area contributed by atoms with Crippen LogP contribution < -0.4 is 10.9 Å². The van der Waals surface area contributed by atoms with Gasteiger partial charge in [-0.25, -0.2) is 0 Å².